The molecule has 8 heteroatoms. The molecular weight excluding hydrogens is 560 g/mol. The Labute approximate surface area is 250 Å². The van der Waals surface area contributed by atoms with E-state index in [1.165, 1.54) is 0 Å². The van der Waals surface area contributed by atoms with Crippen molar-refractivity contribution in [2.75, 3.05) is 42.7 Å². The Morgan fingerprint density at radius 3 is 0.841 bits per heavy atom. The van der Waals surface area contributed by atoms with Crippen LogP contribution in [-0.2, 0) is 0 Å². The molecule has 0 spiro atoms. The fourth-order valence-corrected chi connectivity index (χ4v) is 7.85. The normalized spacial score (nSPS) is 12.3. The van der Waals surface area contributed by atoms with E-state index in [9.17, 15) is 9.59 Å². The predicted molar refractivity (Wildman–Crippen MR) is 175 cm³/mol. The highest BCUT2D eigenvalue weighted by Crippen LogP contribution is 2.57. The highest BCUT2D eigenvalue weighted by atomic mass is 16.5. The zero-order valence-electron chi connectivity index (χ0n) is 25.6. The van der Waals surface area contributed by atoms with Crippen LogP contribution in [0.1, 0.15) is 11.1 Å². The summed E-state index contributed by atoms with van der Waals surface area (Å²) in [6.45, 7) is 3.96. The molecule has 8 nitrogen and oxygen atoms in total. The Kier molecular flexibility index (Phi) is 5.19. The summed E-state index contributed by atoms with van der Waals surface area (Å²) in [6, 6.07) is 7.24. The molecule has 8 aromatic rings. The van der Waals surface area contributed by atoms with E-state index in [0.29, 0.717) is 66.8 Å². The Hall–Kier alpha value is -5.24. The number of hydrogen-bond donors (Lipinski definition) is 0. The minimum atomic E-state index is -0.212. The largest absolute Gasteiger partial charge is 0.496 e. The molecule has 0 bridgehead atoms. The van der Waals surface area contributed by atoms with Crippen molar-refractivity contribution in [2.24, 2.45) is 0 Å². The standard InChI is InChI=1S/C36H28O8/c1-13-9-15(39-3)25-29-21(13)23-17(41-5)11-19(43-7)27-31(23)34-30-22(14(2)10-16(40-4)26(30)36(27)38)24-18(42-6)12-20(44-8)28(35(25)37)32(24)33(29)34/h9-12H,1-8H3. The van der Waals surface area contributed by atoms with Gasteiger partial charge in [-0.25, -0.2) is 0 Å². The third-order valence-corrected chi connectivity index (χ3v) is 9.46. The van der Waals surface area contributed by atoms with Crippen LogP contribution in [0.3, 0.4) is 0 Å². The van der Waals surface area contributed by atoms with Gasteiger partial charge in [0.25, 0.3) is 0 Å². The van der Waals surface area contributed by atoms with Gasteiger partial charge in [0, 0.05) is 55.2 Å². The first-order chi connectivity index (χ1) is 21.3. The third kappa shape index (κ3) is 2.75. The third-order valence-electron chi connectivity index (χ3n) is 9.46. The summed E-state index contributed by atoms with van der Waals surface area (Å²) in [5, 5.41) is 9.32. The van der Waals surface area contributed by atoms with Crippen LogP contribution in [0, 0.1) is 13.8 Å². The summed E-state index contributed by atoms with van der Waals surface area (Å²) in [6.07, 6.45) is 0. The molecule has 0 atom stereocenters. The number of hydrogen-bond acceptors (Lipinski definition) is 8. The van der Waals surface area contributed by atoms with Crippen molar-refractivity contribution in [1.82, 2.24) is 0 Å². The van der Waals surface area contributed by atoms with E-state index in [0.717, 1.165) is 54.2 Å². The molecule has 0 aliphatic rings. The van der Waals surface area contributed by atoms with Crippen LogP contribution in [0.2, 0.25) is 0 Å². The van der Waals surface area contributed by atoms with Crippen molar-refractivity contribution in [3.8, 4) is 34.5 Å². The minimum Gasteiger partial charge on any atom is -0.496 e. The van der Waals surface area contributed by atoms with Gasteiger partial charge >= 0.3 is 0 Å². The highest BCUT2D eigenvalue weighted by molar-refractivity contribution is 6.51. The minimum absolute atomic E-state index is 0.212. The molecule has 0 aliphatic heterocycles. The molecule has 0 saturated carbocycles. The number of rotatable bonds is 6. The van der Waals surface area contributed by atoms with Crippen molar-refractivity contribution >= 4 is 75.4 Å². The van der Waals surface area contributed by atoms with Crippen LogP contribution in [0.15, 0.2) is 33.9 Å². The van der Waals surface area contributed by atoms with Crippen molar-refractivity contribution in [2.45, 2.75) is 13.8 Å². The van der Waals surface area contributed by atoms with E-state index in [-0.39, 0.29) is 10.9 Å². The summed E-state index contributed by atoms with van der Waals surface area (Å²) in [4.78, 5) is 29.5. The second kappa shape index (κ2) is 8.66. The first-order valence-electron chi connectivity index (χ1n) is 14.1. The van der Waals surface area contributed by atoms with E-state index in [2.05, 4.69) is 0 Å². The molecule has 0 heterocycles. The van der Waals surface area contributed by atoms with Crippen molar-refractivity contribution < 1.29 is 28.4 Å². The van der Waals surface area contributed by atoms with Crippen LogP contribution in [-0.4, -0.2) is 42.7 Å². The quantitative estimate of drug-likeness (QED) is 0.153. The molecule has 0 amide bonds. The van der Waals surface area contributed by atoms with Gasteiger partial charge < -0.3 is 28.4 Å². The SMILES string of the molecule is COc1cc(C)c2c3c(OC)cc(OC)c4c(=O)c5c(OC)cc(C)c6c7c(OC)cc(OC)c8c(=O)c1c2c(c87)c(c56)c43. The maximum Gasteiger partial charge on any atom is 0.201 e. The van der Waals surface area contributed by atoms with Gasteiger partial charge in [-0.1, -0.05) is 0 Å². The van der Waals surface area contributed by atoms with E-state index >= 15 is 0 Å². The smallest absolute Gasteiger partial charge is 0.201 e. The molecular formula is C36H28O8. The van der Waals surface area contributed by atoms with Crippen LogP contribution in [0.25, 0.3) is 75.4 Å². The Morgan fingerprint density at radius 2 is 0.545 bits per heavy atom. The molecule has 8 aromatic carbocycles. The van der Waals surface area contributed by atoms with Gasteiger partial charge in [0.1, 0.15) is 34.5 Å². The van der Waals surface area contributed by atoms with Gasteiger partial charge in [-0.2, -0.15) is 0 Å². The maximum absolute atomic E-state index is 14.7. The lowest BCUT2D eigenvalue weighted by Gasteiger charge is -2.27. The van der Waals surface area contributed by atoms with Crippen LogP contribution >= 0.6 is 0 Å². The number of ether oxygens (including phenoxy) is 6. The van der Waals surface area contributed by atoms with E-state index < -0.39 is 0 Å². The summed E-state index contributed by atoms with van der Waals surface area (Å²) < 4.78 is 35.5. The second-order valence-corrected chi connectivity index (χ2v) is 11.3. The summed E-state index contributed by atoms with van der Waals surface area (Å²) in [7, 11) is 9.42. The topological polar surface area (TPSA) is 89.5 Å². The Bertz CT molecular complexity index is 2440. The van der Waals surface area contributed by atoms with E-state index in [1.807, 2.05) is 26.0 Å². The molecule has 220 valence electrons. The molecule has 0 aliphatic carbocycles. The Balaban J connectivity index is 1.98. The summed E-state index contributed by atoms with van der Waals surface area (Å²) >= 11 is 0. The number of aryl methyl sites for hydroxylation is 2. The zero-order valence-corrected chi connectivity index (χ0v) is 25.6. The Morgan fingerprint density at radius 1 is 0.318 bits per heavy atom. The lowest BCUT2D eigenvalue weighted by atomic mass is 9.78. The summed E-state index contributed by atoms with van der Waals surface area (Å²) in [5.41, 5.74) is 1.32. The maximum atomic E-state index is 14.7. The van der Waals surface area contributed by atoms with Gasteiger partial charge in [0.15, 0.2) is 0 Å². The molecule has 0 unspecified atom stereocenters. The van der Waals surface area contributed by atoms with Crippen molar-refractivity contribution in [1.29, 1.82) is 0 Å². The fraction of sp³-hybridized carbons (Fsp3) is 0.222. The molecule has 0 aromatic heterocycles. The fourth-order valence-electron chi connectivity index (χ4n) is 7.85. The lowest BCUT2D eigenvalue weighted by Crippen LogP contribution is -2.13. The molecule has 0 radical (unpaired) electrons. The zero-order chi connectivity index (χ0) is 30.9. The molecule has 0 fully saturated rings. The number of methoxy groups -OCH3 is 6. The van der Waals surface area contributed by atoms with Gasteiger partial charge in [-0.05, 0) is 47.9 Å². The van der Waals surface area contributed by atoms with Gasteiger partial charge in [-0.15, -0.1) is 0 Å². The van der Waals surface area contributed by atoms with E-state index in [4.69, 9.17) is 28.4 Å². The number of fused-ring (bicyclic) bond motifs is 2. The van der Waals surface area contributed by atoms with Gasteiger partial charge in [-0.3, -0.25) is 9.59 Å². The van der Waals surface area contributed by atoms with E-state index in [1.54, 1.807) is 54.8 Å². The van der Waals surface area contributed by atoms with Crippen LogP contribution < -0.4 is 39.3 Å². The van der Waals surface area contributed by atoms with Gasteiger partial charge in [0.05, 0.1) is 64.2 Å². The monoisotopic (exact) mass is 588 g/mol. The summed E-state index contributed by atoms with van der Waals surface area (Å²) in [5.74, 6) is 2.77. The first-order valence-corrected chi connectivity index (χ1v) is 14.1. The molecule has 8 rings (SSSR count). The van der Waals surface area contributed by atoms with Crippen molar-refractivity contribution in [3.05, 3.63) is 55.8 Å². The van der Waals surface area contributed by atoms with Crippen LogP contribution in [0.4, 0.5) is 0 Å². The number of benzene rings is 8. The molecule has 0 N–H and O–H groups in total. The molecule has 0 saturated heterocycles. The lowest BCUT2D eigenvalue weighted by molar-refractivity contribution is 0.400. The average molecular weight is 589 g/mol. The average Bonchev–Trinajstić information content (AvgIpc) is 3.04. The predicted octanol–water partition coefficient (Wildman–Crippen LogP) is 6.90. The van der Waals surface area contributed by atoms with Crippen LogP contribution in [0.5, 0.6) is 34.5 Å². The van der Waals surface area contributed by atoms with Crippen molar-refractivity contribution in [3.63, 3.8) is 0 Å². The second-order valence-electron chi connectivity index (χ2n) is 11.3. The molecule has 44 heavy (non-hydrogen) atoms. The highest BCUT2D eigenvalue weighted by Gasteiger charge is 2.33. The van der Waals surface area contributed by atoms with Gasteiger partial charge in [0.2, 0.25) is 10.9 Å². The first kappa shape index (κ1) is 26.4.